The molecule has 1 aromatic heterocycles. The molecule has 0 radical (unpaired) electrons. The molecule has 18 heavy (non-hydrogen) atoms. The number of aryl methyl sites for hydroxylation is 1. The molecule has 0 saturated carbocycles. The van der Waals surface area contributed by atoms with Gasteiger partial charge in [-0.05, 0) is 12.5 Å². The molecule has 0 spiro atoms. The molecule has 1 aromatic rings. The van der Waals surface area contributed by atoms with E-state index in [1.54, 1.807) is 0 Å². The summed E-state index contributed by atoms with van der Waals surface area (Å²) in [4.78, 5) is 22.5. The summed E-state index contributed by atoms with van der Waals surface area (Å²) < 4.78 is 41.3. The van der Waals surface area contributed by atoms with Gasteiger partial charge in [-0.3, -0.25) is 4.79 Å². The number of alkyl halides is 3. The Morgan fingerprint density at radius 2 is 2.06 bits per heavy atom. The van der Waals surface area contributed by atoms with Crippen LogP contribution in [0.15, 0.2) is 23.1 Å². The number of esters is 1. The van der Waals surface area contributed by atoms with E-state index in [-0.39, 0.29) is 24.2 Å². The maximum absolute atomic E-state index is 11.8. The largest absolute Gasteiger partial charge is 0.462 e. The van der Waals surface area contributed by atoms with Crippen LogP contribution in [0.5, 0.6) is 0 Å². The minimum absolute atomic E-state index is 0.129. The molecule has 1 rings (SSSR count). The van der Waals surface area contributed by atoms with Gasteiger partial charge in [0.25, 0.3) is 0 Å². The number of pyridine rings is 1. The first-order chi connectivity index (χ1) is 8.29. The molecule has 0 aliphatic heterocycles. The first kappa shape index (κ1) is 14.3. The van der Waals surface area contributed by atoms with Crippen LogP contribution in [0.1, 0.15) is 23.2 Å². The van der Waals surface area contributed by atoms with Crippen molar-refractivity contribution in [1.29, 1.82) is 0 Å². The van der Waals surface area contributed by atoms with Crippen LogP contribution in [0.25, 0.3) is 0 Å². The predicted molar refractivity (Wildman–Crippen MR) is 57.3 cm³/mol. The fourth-order valence-electron chi connectivity index (χ4n) is 1.24. The highest BCUT2D eigenvalue weighted by molar-refractivity contribution is 5.88. The third kappa shape index (κ3) is 4.60. The average molecular weight is 263 g/mol. The molecule has 0 N–H and O–H groups in total. The Labute approximate surface area is 101 Å². The highest BCUT2D eigenvalue weighted by Gasteiger charge is 2.26. The van der Waals surface area contributed by atoms with Gasteiger partial charge in [0, 0.05) is 25.7 Å². The predicted octanol–water partition coefficient (Wildman–Crippen LogP) is 1.88. The molecule has 7 heteroatoms. The molecule has 0 fully saturated rings. The Morgan fingerprint density at radius 1 is 1.39 bits per heavy atom. The summed E-state index contributed by atoms with van der Waals surface area (Å²) in [6.07, 6.45) is -4.24. The summed E-state index contributed by atoms with van der Waals surface area (Å²) in [5, 5.41) is 0. The Kier molecular flexibility index (Phi) is 4.52. The lowest BCUT2D eigenvalue weighted by atomic mass is 10.3. The van der Waals surface area contributed by atoms with Gasteiger partial charge in [0.2, 0.25) is 5.56 Å². The van der Waals surface area contributed by atoms with E-state index < -0.39 is 18.6 Å². The van der Waals surface area contributed by atoms with Crippen LogP contribution in [0.2, 0.25) is 0 Å². The maximum atomic E-state index is 11.8. The number of carbonyl (C=O) groups is 1. The van der Waals surface area contributed by atoms with Gasteiger partial charge in [0.15, 0.2) is 0 Å². The number of ether oxygens (including phenoxy) is 1. The smallest absolute Gasteiger partial charge is 0.389 e. The van der Waals surface area contributed by atoms with Gasteiger partial charge >= 0.3 is 12.1 Å². The minimum Gasteiger partial charge on any atom is -0.462 e. The minimum atomic E-state index is -4.25. The molecule has 0 saturated heterocycles. The number of hydrogen-bond acceptors (Lipinski definition) is 3. The quantitative estimate of drug-likeness (QED) is 0.615. The highest BCUT2D eigenvalue weighted by Crippen LogP contribution is 2.21. The fraction of sp³-hybridized carbons (Fsp3) is 0.455. The van der Waals surface area contributed by atoms with E-state index in [0.29, 0.717) is 0 Å². The normalized spacial score (nSPS) is 11.3. The van der Waals surface area contributed by atoms with Crippen LogP contribution in [0.4, 0.5) is 13.2 Å². The Bertz CT molecular complexity index is 479. The highest BCUT2D eigenvalue weighted by atomic mass is 19.4. The number of hydrogen-bond donors (Lipinski definition) is 0. The molecule has 1 heterocycles. The molecule has 0 bridgehead atoms. The SMILES string of the molecule is Cn1cc(C(=O)OCCCC(F)(F)F)ccc1=O. The van der Waals surface area contributed by atoms with E-state index >= 15 is 0 Å². The lowest BCUT2D eigenvalue weighted by molar-refractivity contribution is -0.137. The lowest BCUT2D eigenvalue weighted by Crippen LogP contribution is -2.18. The number of nitrogens with zero attached hydrogens (tertiary/aromatic N) is 1. The van der Waals surface area contributed by atoms with Crippen molar-refractivity contribution in [2.45, 2.75) is 19.0 Å². The standard InChI is InChI=1S/C11H12F3NO3/c1-15-7-8(3-4-9(15)16)10(17)18-6-2-5-11(12,13)14/h3-4,7H,2,5-6H2,1H3. The van der Waals surface area contributed by atoms with Crippen molar-refractivity contribution in [1.82, 2.24) is 4.57 Å². The summed E-state index contributed by atoms with van der Waals surface area (Å²) in [5.41, 5.74) is -0.160. The van der Waals surface area contributed by atoms with Crippen LogP contribution in [-0.2, 0) is 11.8 Å². The van der Waals surface area contributed by atoms with E-state index in [4.69, 9.17) is 0 Å². The van der Waals surface area contributed by atoms with Crippen molar-refractivity contribution in [3.63, 3.8) is 0 Å². The van der Waals surface area contributed by atoms with Gasteiger partial charge in [-0.25, -0.2) is 4.79 Å². The second-order valence-corrected chi connectivity index (χ2v) is 3.72. The molecule has 0 aliphatic carbocycles. The lowest BCUT2D eigenvalue weighted by Gasteiger charge is -2.07. The Balaban J connectivity index is 2.46. The van der Waals surface area contributed by atoms with Crippen LogP contribution in [0.3, 0.4) is 0 Å². The molecule has 0 aliphatic rings. The van der Waals surface area contributed by atoms with E-state index in [1.807, 2.05) is 0 Å². The van der Waals surface area contributed by atoms with Crippen molar-refractivity contribution in [2.24, 2.45) is 7.05 Å². The molecular weight excluding hydrogens is 251 g/mol. The Morgan fingerprint density at radius 3 is 2.61 bits per heavy atom. The Hall–Kier alpha value is -1.79. The van der Waals surface area contributed by atoms with Crippen molar-refractivity contribution >= 4 is 5.97 Å². The van der Waals surface area contributed by atoms with Crippen LogP contribution >= 0.6 is 0 Å². The molecule has 0 unspecified atom stereocenters. The van der Waals surface area contributed by atoms with E-state index in [1.165, 1.54) is 29.9 Å². The van der Waals surface area contributed by atoms with Gasteiger partial charge in [0.1, 0.15) is 0 Å². The molecule has 0 amide bonds. The molecule has 4 nitrogen and oxygen atoms in total. The maximum Gasteiger partial charge on any atom is 0.389 e. The van der Waals surface area contributed by atoms with Crippen molar-refractivity contribution in [3.8, 4) is 0 Å². The second kappa shape index (κ2) is 5.70. The van der Waals surface area contributed by atoms with Crippen LogP contribution in [-0.4, -0.2) is 23.3 Å². The third-order valence-corrected chi connectivity index (χ3v) is 2.16. The fourth-order valence-corrected chi connectivity index (χ4v) is 1.24. The summed E-state index contributed by atoms with van der Waals surface area (Å²) >= 11 is 0. The third-order valence-electron chi connectivity index (χ3n) is 2.16. The van der Waals surface area contributed by atoms with E-state index in [0.717, 1.165) is 0 Å². The number of halogens is 3. The monoisotopic (exact) mass is 263 g/mol. The van der Waals surface area contributed by atoms with Crippen molar-refractivity contribution in [2.75, 3.05) is 6.61 Å². The zero-order valence-electron chi connectivity index (χ0n) is 9.66. The van der Waals surface area contributed by atoms with Gasteiger partial charge in [-0.15, -0.1) is 0 Å². The second-order valence-electron chi connectivity index (χ2n) is 3.72. The molecule has 100 valence electrons. The summed E-state index contributed by atoms with van der Waals surface area (Å²) in [6, 6.07) is 2.46. The van der Waals surface area contributed by atoms with Gasteiger partial charge < -0.3 is 9.30 Å². The summed E-state index contributed by atoms with van der Waals surface area (Å²) in [6.45, 7) is -0.304. The molecule has 0 atom stereocenters. The number of rotatable bonds is 4. The average Bonchev–Trinajstić information content (AvgIpc) is 2.26. The first-order valence-electron chi connectivity index (χ1n) is 5.20. The molecule has 0 aromatic carbocycles. The molecular formula is C11H12F3NO3. The van der Waals surface area contributed by atoms with Crippen LogP contribution < -0.4 is 5.56 Å². The van der Waals surface area contributed by atoms with Gasteiger partial charge in [0.05, 0.1) is 12.2 Å². The van der Waals surface area contributed by atoms with Gasteiger partial charge in [-0.2, -0.15) is 13.2 Å². The summed E-state index contributed by atoms with van der Waals surface area (Å²) in [7, 11) is 1.46. The van der Waals surface area contributed by atoms with Crippen LogP contribution in [0, 0.1) is 0 Å². The van der Waals surface area contributed by atoms with E-state index in [9.17, 15) is 22.8 Å². The van der Waals surface area contributed by atoms with E-state index in [2.05, 4.69) is 4.74 Å². The zero-order chi connectivity index (χ0) is 13.8. The zero-order valence-corrected chi connectivity index (χ0v) is 9.66. The number of carbonyl (C=O) groups excluding carboxylic acids is 1. The van der Waals surface area contributed by atoms with Crippen molar-refractivity contribution < 1.29 is 22.7 Å². The number of aromatic nitrogens is 1. The topological polar surface area (TPSA) is 48.3 Å². The first-order valence-corrected chi connectivity index (χ1v) is 5.20. The van der Waals surface area contributed by atoms with Gasteiger partial charge in [-0.1, -0.05) is 0 Å². The summed E-state index contributed by atoms with van der Waals surface area (Å²) in [5.74, 6) is -0.743. The van der Waals surface area contributed by atoms with Crippen molar-refractivity contribution in [3.05, 3.63) is 34.2 Å².